The fraction of sp³-hybridized carbons (Fsp3) is 0.234. The van der Waals surface area contributed by atoms with E-state index in [4.69, 9.17) is 0 Å². The minimum atomic E-state index is 0. The molecular formula is C47H48Cl2Zr-2. The third kappa shape index (κ3) is 10.4. The molecular weight excluding hydrogens is 727 g/mol. The Kier molecular flexibility index (Phi) is 14.7. The second-order valence-corrected chi connectivity index (χ2v) is 16.1. The summed E-state index contributed by atoms with van der Waals surface area (Å²) in [5, 5.41) is 5.39. The van der Waals surface area contributed by atoms with Crippen molar-refractivity contribution in [1.29, 1.82) is 0 Å². The van der Waals surface area contributed by atoms with Crippen LogP contribution in [0.1, 0.15) is 83.2 Å². The molecule has 0 N–H and O–H groups in total. The minimum Gasteiger partial charge on any atom is -1.00 e. The molecule has 0 spiro atoms. The van der Waals surface area contributed by atoms with Crippen LogP contribution in [-0.4, -0.2) is 3.21 Å². The van der Waals surface area contributed by atoms with Crippen molar-refractivity contribution in [3.63, 3.8) is 0 Å². The molecule has 7 rings (SSSR count). The van der Waals surface area contributed by atoms with Crippen LogP contribution in [0.2, 0.25) is 0 Å². The molecule has 0 aliphatic heterocycles. The van der Waals surface area contributed by atoms with Crippen molar-refractivity contribution in [3.05, 3.63) is 179 Å². The van der Waals surface area contributed by atoms with Crippen molar-refractivity contribution in [1.82, 2.24) is 0 Å². The van der Waals surface area contributed by atoms with Crippen molar-refractivity contribution in [2.45, 2.75) is 66.2 Å². The van der Waals surface area contributed by atoms with E-state index in [-0.39, 0.29) is 35.6 Å². The van der Waals surface area contributed by atoms with Crippen LogP contribution in [-0.2, 0) is 35.1 Å². The molecule has 1 aliphatic rings. The molecule has 6 aromatic carbocycles. The van der Waals surface area contributed by atoms with E-state index < -0.39 is 0 Å². The van der Waals surface area contributed by atoms with Crippen LogP contribution in [0, 0.1) is 12.0 Å². The quantitative estimate of drug-likeness (QED) is 0.178. The third-order valence-corrected chi connectivity index (χ3v) is 10.4. The summed E-state index contributed by atoms with van der Waals surface area (Å²) in [5.74, 6) is 0.468. The molecule has 0 heterocycles. The van der Waals surface area contributed by atoms with E-state index in [0.717, 1.165) is 0 Å². The van der Waals surface area contributed by atoms with Gasteiger partial charge in [0.2, 0.25) is 0 Å². The van der Waals surface area contributed by atoms with Crippen LogP contribution >= 0.6 is 0 Å². The maximum atomic E-state index is 3.39. The van der Waals surface area contributed by atoms with Gasteiger partial charge in [0.05, 0.1) is 0 Å². The molecule has 1 aliphatic carbocycles. The molecule has 0 saturated heterocycles. The summed E-state index contributed by atoms with van der Waals surface area (Å²) in [6.45, 7) is 17.8. The van der Waals surface area contributed by atoms with Crippen LogP contribution in [0.4, 0.5) is 0 Å². The number of allylic oxidation sites excluding steroid dienone is 4. The van der Waals surface area contributed by atoms with E-state index in [9.17, 15) is 0 Å². The van der Waals surface area contributed by atoms with Crippen LogP contribution < -0.4 is 24.8 Å². The Morgan fingerprint density at radius 2 is 0.980 bits per heavy atom. The minimum absolute atomic E-state index is 0. The fourth-order valence-corrected chi connectivity index (χ4v) is 6.93. The number of hydrogen-bond acceptors (Lipinski definition) is 0. The fourth-order valence-electron chi connectivity index (χ4n) is 6.11. The summed E-state index contributed by atoms with van der Waals surface area (Å²) in [5.41, 5.74) is 9.82. The maximum Gasteiger partial charge on any atom is -0.0623 e. The molecule has 0 bridgehead atoms. The van der Waals surface area contributed by atoms with Gasteiger partial charge in [0, 0.05) is 0 Å². The molecule has 0 nitrogen and oxygen atoms in total. The predicted octanol–water partition coefficient (Wildman–Crippen LogP) is 6.59. The average Bonchev–Trinajstić information content (AvgIpc) is 3.63. The van der Waals surface area contributed by atoms with Crippen molar-refractivity contribution >= 4 is 30.3 Å². The van der Waals surface area contributed by atoms with Gasteiger partial charge in [-0.3, -0.25) is 6.08 Å². The van der Waals surface area contributed by atoms with E-state index >= 15 is 0 Å². The molecule has 6 aromatic rings. The van der Waals surface area contributed by atoms with Crippen molar-refractivity contribution in [2.75, 3.05) is 0 Å². The monoisotopic (exact) mass is 772 g/mol. The van der Waals surface area contributed by atoms with Crippen LogP contribution in [0.5, 0.6) is 0 Å². The second kappa shape index (κ2) is 17.8. The summed E-state index contributed by atoms with van der Waals surface area (Å²) in [4.78, 5) is 0. The van der Waals surface area contributed by atoms with Crippen LogP contribution in [0.25, 0.3) is 27.1 Å². The zero-order valence-corrected chi connectivity index (χ0v) is 34.6. The molecule has 1 unspecified atom stereocenters. The van der Waals surface area contributed by atoms with Gasteiger partial charge < -0.3 is 24.8 Å². The Bertz CT molecular complexity index is 1940. The smallest absolute Gasteiger partial charge is 0.0623 e. The predicted molar refractivity (Wildman–Crippen MR) is 207 cm³/mol. The first-order chi connectivity index (χ1) is 22.8. The SMILES string of the molecule is CC(C)(C)c1ccc([C](=[Zr+2])c2ccc(C(C)(C)C)cc2)cc1.CC1=[C-]C(C)C=C1c1ccccc1.[Cl-].[Cl-].c1ccc2c(c1)[cH-]c1ccccc12. The summed E-state index contributed by atoms with van der Waals surface area (Å²) < 4.78 is 1.42. The molecule has 1 atom stereocenters. The number of rotatable bonds is 3. The zero-order chi connectivity index (χ0) is 34.5. The van der Waals surface area contributed by atoms with Gasteiger partial charge in [0.1, 0.15) is 0 Å². The Morgan fingerprint density at radius 1 is 0.580 bits per heavy atom. The molecule has 50 heavy (non-hydrogen) atoms. The molecule has 0 radical (unpaired) electrons. The third-order valence-electron chi connectivity index (χ3n) is 8.95. The summed E-state index contributed by atoms with van der Waals surface area (Å²) in [6.07, 6.45) is 5.66. The number of hydrogen-bond donors (Lipinski definition) is 0. The Hall–Kier alpha value is -3.22. The van der Waals surface area contributed by atoms with Gasteiger partial charge in [-0.2, -0.15) is 11.6 Å². The number of fused-ring (bicyclic) bond motifs is 3. The van der Waals surface area contributed by atoms with Crippen molar-refractivity contribution in [3.8, 4) is 0 Å². The van der Waals surface area contributed by atoms with Crippen molar-refractivity contribution in [2.24, 2.45) is 5.92 Å². The molecule has 256 valence electrons. The first kappa shape index (κ1) is 41.2. The molecule has 3 heteroatoms. The van der Waals surface area contributed by atoms with Gasteiger partial charge in [-0.15, -0.1) is 45.3 Å². The zero-order valence-electron chi connectivity index (χ0n) is 30.6. The second-order valence-electron chi connectivity index (χ2n) is 14.9. The normalized spacial score (nSPS) is 13.8. The number of benzene rings is 5. The van der Waals surface area contributed by atoms with E-state index in [1.165, 1.54) is 87.9 Å². The molecule has 0 amide bonds. The van der Waals surface area contributed by atoms with E-state index in [1.807, 2.05) is 6.07 Å². The van der Waals surface area contributed by atoms with Gasteiger partial charge in [-0.25, -0.2) is 5.57 Å². The summed E-state index contributed by atoms with van der Waals surface area (Å²) >= 11 is 1.46. The largest absolute Gasteiger partial charge is 1.00 e. The van der Waals surface area contributed by atoms with Gasteiger partial charge in [0.15, 0.2) is 0 Å². The van der Waals surface area contributed by atoms with E-state index in [2.05, 4.69) is 195 Å². The van der Waals surface area contributed by atoms with Crippen LogP contribution in [0.15, 0.2) is 145 Å². The standard InChI is InChI=1S/C21H26.C13H9.C13H13.2ClH.Zr/c1-20(2,3)18-11-7-16(8-12-18)15-17-9-13-19(14-10-17)21(4,5)6;1-3-7-12-10(5-1)9-11-6-2-4-8-13(11)12;1-10-8-11(2)13(9-10)12-6-4-3-5-7-12;;;/h7-14H,1-6H3;1-9H;3-7,9-10H,1-2H3;2*1H;/q;2*-1;;;+2/p-2. The Balaban J connectivity index is 0.000000209. The molecule has 0 fully saturated rings. The summed E-state index contributed by atoms with van der Waals surface area (Å²) in [7, 11) is 0. The van der Waals surface area contributed by atoms with Gasteiger partial charge in [0.25, 0.3) is 0 Å². The topological polar surface area (TPSA) is 0 Å². The molecule has 0 aromatic heterocycles. The van der Waals surface area contributed by atoms with Gasteiger partial charge in [-0.1, -0.05) is 86.5 Å². The van der Waals surface area contributed by atoms with Crippen molar-refractivity contribution < 1.29 is 49.0 Å². The maximum absolute atomic E-state index is 3.39. The average molecular weight is 775 g/mol. The molecule has 0 saturated carbocycles. The Labute approximate surface area is 328 Å². The van der Waals surface area contributed by atoms with Crippen LogP contribution in [0.3, 0.4) is 0 Å². The van der Waals surface area contributed by atoms with Gasteiger partial charge in [-0.05, 0) is 0 Å². The number of halogens is 2. The van der Waals surface area contributed by atoms with Gasteiger partial charge >= 0.3 is 151 Å². The van der Waals surface area contributed by atoms with E-state index in [0.29, 0.717) is 5.92 Å². The summed E-state index contributed by atoms with van der Waals surface area (Å²) in [6, 6.07) is 47.9. The first-order valence-corrected chi connectivity index (χ1v) is 18.3. The first-order valence-electron chi connectivity index (χ1n) is 17.0. The van der Waals surface area contributed by atoms with E-state index in [1.54, 1.807) is 0 Å². The Morgan fingerprint density at radius 3 is 1.36 bits per heavy atom.